The second-order valence-electron chi connectivity index (χ2n) is 5.49. The van der Waals surface area contributed by atoms with Crippen molar-refractivity contribution in [3.05, 3.63) is 53.5 Å². The van der Waals surface area contributed by atoms with Gasteiger partial charge in [0.2, 0.25) is 0 Å². The molecule has 112 valence electrons. The molecule has 2 unspecified atom stereocenters. The first-order valence-corrected chi connectivity index (χ1v) is 7.36. The maximum Gasteiger partial charge on any atom is 0.123 e. The average molecular weight is 287 g/mol. The summed E-state index contributed by atoms with van der Waals surface area (Å²) in [5, 5.41) is 13.1. The molecule has 1 aromatic heterocycles. The van der Waals surface area contributed by atoms with E-state index < -0.39 is 0 Å². The molecule has 0 spiro atoms. The van der Waals surface area contributed by atoms with Crippen LogP contribution in [0.25, 0.3) is 0 Å². The summed E-state index contributed by atoms with van der Waals surface area (Å²) in [4.78, 5) is 0. The van der Waals surface area contributed by atoms with Gasteiger partial charge in [-0.1, -0.05) is 6.07 Å². The first-order chi connectivity index (χ1) is 10.3. The molecule has 2 N–H and O–H groups in total. The summed E-state index contributed by atoms with van der Waals surface area (Å²) >= 11 is 0. The molecule has 4 heteroatoms. The number of aliphatic hydroxyl groups excluding tert-OH is 1. The number of ether oxygens (including phenoxy) is 1. The van der Waals surface area contributed by atoms with Crippen LogP contribution >= 0.6 is 0 Å². The molecule has 0 radical (unpaired) electrons. The van der Waals surface area contributed by atoms with Gasteiger partial charge in [0.05, 0.1) is 26.0 Å². The number of aryl methyl sites for hydroxylation is 1. The summed E-state index contributed by atoms with van der Waals surface area (Å²) in [6.45, 7) is 0.0367. The van der Waals surface area contributed by atoms with Crippen LogP contribution in [0.1, 0.15) is 29.3 Å². The molecule has 1 heterocycles. The highest BCUT2D eigenvalue weighted by Crippen LogP contribution is 2.27. The number of aliphatic hydroxyl groups is 1. The van der Waals surface area contributed by atoms with Gasteiger partial charge in [-0.25, -0.2) is 0 Å². The first-order valence-electron chi connectivity index (χ1n) is 7.36. The van der Waals surface area contributed by atoms with Crippen molar-refractivity contribution in [2.24, 2.45) is 0 Å². The lowest BCUT2D eigenvalue weighted by atomic mass is 9.87. The van der Waals surface area contributed by atoms with Crippen molar-refractivity contribution in [2.45, 2.75) is 31.3 Å². The fraction of sp³-hybridized carbons (Fsp3) is 0.412. The molecule has 1 aromatic carbocycles. The van der Waals surface area contributed by atoms with Crippen molar-refractivity contribution in [1.29, 1.82) is 0 Å². The van der Waals surface area contributed by atoms with E-state index in [1.807, 2.05) is 18.2 Å². The lowest BCUT2D eigenvalue weighted by Gasteiger charge is -2.28. The van der Waals surface area contributed by atoms with Gasteiger partial charge in [-0.2, -0.15) is 0 Å². The number of methoxy groups -OCH3 is 1. The van der Waals surface area contributed by atoms with Crippen LogP contribution in [0.3, 0.4) is 0 Å². The van der Waals surface area contributed by atoms with Crippen molar-refractivity contribution >= 4 is 0 Å². The van der Waals surface area contributed by atoms with Crippen molar-refractivity contribution in [3.63, 3.8) is 0 Å². The Morgan fingerprint density at radius 2 is 2.29 bits per heavy atom. The monoisotopic (exact) mass is 287 g/mol. The number of rotatable bonds is 5. The quantitative estimate of drug-likeness (QED) is 0.887. The standard InChI is InChI=1S/C17H21NO3/c1-20-15-7-5-12-4-6-14(9-13(12)10-15)18-16(11-19)17-3-2-8-21-17/h2-3,5,7-8,10,14,16,18-19H,4,6,9,11H2,1H3. The largest absolute Gasteiger partial charge is 0.497 e. The van der Waals surface area contributed by atoms with E-state index in [9.17, 15) is 5.11 Å². The summed E-state index contributed by atoms with van der Waals surface area (Å²) in [5.41, 5.74) is 2.72. The Kier molecular flexibility index (Phi) is 4.27. The Balaban J connectivity index is 1.70. The Bertz CT molecular complexity index is 580. The lowest BCUT2D eigenvalue weighted by molar-refractivity contribution is 0.210. The van der Waals surface area contributed by atoms with Crippen LogP contribution in [0, 0.1) is 0 Å². The minimum atomic E-state index is -0.142. The maximum absolute atomic E-state index is 9.56. The summed E-state index contributed by atoms with van der Waals surface area (Å²) in [7, 11) is 1.69. The van der Waals surface area contributed by atoms with Crippen molar-refractivity contribution < 1.29 is 14.3 Å². The van der Waals surface area contributed by atoms with E-state index in [0.717, 1.165) is 30.8 Å². The highest BCUT2D eigenvalue weighted by Gasteiger charge is 2.23. The molecule has 0 amide bonds. The van der Waals surface area contributed by atoms with Crippen molar-refractivity contribution in [2.75, 3.05) is 13.7 Å². The normalized spacial score (nSPS) is 19.0. The Morgan fingerprint density at radius 3 is 3.00 bits per heavy atom. The van der Waals surface area contributed by atoms with Crippen LogP contribution in [-0.2, 0) is 12.8 Å². The van der Waals surface area contributed by atoms with Gasteiger partial charge in [0, 0.05) is 6.04 Å². The first kappa shape index (κ1) is 14.2. The smallest absolute Gasteiger partial charge is 0.123 e. The zero-order valence-electron chi connectivity index (χ0n) is 12.2. The number of hydrogen-bond acceptors (Lipinski definition) is 4. The van der Waals surface area contributed by atoms with E-state index in [-0.39, 0.29) is 12.6 Å². The number of fused-ring (bicyclic) bond motifs is 1. The predicted molar refractivity (Wildman–Crippen MR) is 80.5 cm³/mol. The van der Waals surface area contributed by atoms with E-state index in [1.54, 1.807) is 13.4 Å². The van der Waals surface area contributed by atoms with Gasteiger partial charge in [-0.05, 0) is 54.7 Å². The Morgan fingerprint density at radius 1 is 1.38 bits per heavy atom. The molecule has 0 bridgehead atoms. The summed E-state index contributed by atoms with van der Waals surface area (Å²) < 4.78 is 10.7. The number of nitrogens with one attached hydrogen (secondary N) is 1. The SMILES string of the molecule is COc1ccc2c(c1)CC(NC(CO)c1ccco1)CC2. The van der Waals surface area contributed by atoms with Gasteiger partial charge in [0.15, 0.2) is 0 Å². The fourth-order valence-corrected chi connectivity index (χ4v) is 3.00. The van der Waals surface area contributed by atoms with Crippen molar-refractivity contribution in [1.82, 2.24) is 5.32 Å². The highest BCUT2D eigenvalue weighted by atomic mass is 16.5. The topological polar surface area (TPSA) is 54.6 Å². The molecular formula is C17H21NO3. The summed E-state index contributed by atoms with van der Waals surface area (Å²) in [6.07, 6.45) is 4.70. The number of furan rings is 1. The van der Waals surface area contributed by atoms with E-state index >= 15 is 0 Å². The summed E-state index contributed by atoms with van der Waals surface area (Å²) in [5.74, 6) is 1.69. The zero-order chi connectivity index (χ0) is 14.7. The molecule has 1 aliphatic rings. The third-order valence-electron chi connectivity index (χ3n) is 4.15. The third kappa shape index (κ3) is 3.12. The molecule has 21 heavy (non-hydrogen) atoms. The van der Waals surface area contributed by atoms with Crippen LogP contribution in [0.15, 0.2) is 41.0 Å². The zero-order valence-corrected chi connectivity index (χ0v) is 12.2. The van der Waals surface area contributed by atoms with Gasteiger partial charge in [-0.3, -0.25) is 0 Å². The summed E-state index contributed by atoms with van der Waals surface area (Å²) in [6, 6.07) is 10.2. The fourth-order valence-electron chi connectivity index (χ4n) is 3.00. The van der Waals surface area contributed by atoms with Gasteiger partial charge in [0.25, 0.3) is 0 Å². The third-order valence-corrected chi connectivity index (χ3v) is 4.15. The van der Waals surface area contributed by atoms with Gasteiger partial charge in [0.1, 0.15) is 11.5 Å². The molecule has 2 aromatic rings. The average Bonchev–Trinajstić information content (AvgIpc) is 3.06. The molecule has 0 fully saturated rings. The van der Waals surface area contributed by atoms with Crippen LogP contribution in [0.5, 0.6) is 5.75 Å². The van der Waals surface area contributed by atoms with Crippen LogP contribution in [0.2, 0.25) is 0 Å². The molecule has 2 atom stereocenters. The Hall–Kier alpha value is -1.78. The molecule has 0 saturated heterocycles. The minimum absolute atomic E-state index is 0.0367. The van der Waals surface area contributed by atoms with Crippen molar-refractivity contribution in [3.8, 4) is 5.75 Å². The number of hydrogen-bond donors (Lipinski definition) is 2. The molecule has 1 aliphatic carbocycles. The highest BCUT2D eigenvalue weighted by molar-refractivity contribution is 5.38. The Labute approximate surface area is 124 Å². The molecule has 0 aliphatic heterocycles. The molecule has 4 nitrogen and oxygen atoms in total. The van der Waals surface area contributed by atoms with Gasteiger partial charge in [-0.15, -0.1) is 0 Å². The second-order valence-corrected chi connectivity index (χ2v) is 5.49. The van der Waals surface area contributed by atoms with E-state index in [2.05, 4.69) is 17.4 Å². The lowest BCUT2D eigenvalue weighted by Crippen LogP contribution is -2.38. The second kappa shape index (κ2) is 6.33. The molecule has 0 saturated carbocycles. The van der Waals surface area contributed by atoms with E-state index in [4.69, 9.17) is 9.15 Å². The minimum Gasteiger partial charge on any atom is -0.497 e. The van der Waals surface area contributed by atoms with Gasteiger partial charge < -0.3 is 19.6 Å². The van der Waals surface area contributed by atoms with Crippen LogP contribution < -0.4 is 10.1 Å². The van der Waals surface area contributed by atoms with E-state index in [1.165, 1.54) is 11.1 Å². The number of benzene rings is 1. The maximum atomic E-state index is 9.56. The molecule has 3 rings (SSSR count). The van der Waals surface area contributed by atoms with E-state index in [0.29, 0.717) is 6.04 Å². The van der Waals surface area contributed by atoms with Crippen LogP contribution in [0.4, 0.5) is 0 Å². The predicted octanol–water partition coefficient (Wildman–Crippen LogP) is 2.47. The van der Waals surface area contributed by atoms with Crippen LogP contribution in [-0.4, -0.2) is 24.9 Å². The van der Waals surface area contributed by atoms with Gasteiger partial charge >= 0.3 is 0 Å². The molecular weight excluding hydrogens is 266 g/mol.